The van der Waals surface area contributed by atoms with Crippen LogP contribution in [0.5, 0.6) is 5.75 Å². The molecule has 2 N–H and O–H groups in total. The average Bonchev–Trinajstić information content (AvgIpc) is 2.40. The van der Waals surface area contributed by atoms with Crippen LogP contribution in [0.25, 0.3) is 11.1 Å². The summed E-state index contributed by atoms with van der Waals surface area (Å²) >= 11 is 0. The van der Waals surface area contributed by atoms with Gasteiger partial charge in [0, 0.05) is 6.54 Å². The fraction of sp³-hybridized carbons (Fsp3) is 0.200. The highest BCUT2D eigenvalue weighted by molar-refractivity contribution is 5.64. The molecule has 0 unspecified atom stereocenters. The van der Waals surface area contributed by atoms with E-state index in [0.29, 0.717) is 13.2 Å². The van der Waals surface area contributed by atoms with Crippen LogP contribution in [-0.2, 0) is 6.54 Å². The lowest BCUT2D eigenvalue weighted by molar-refractivity contribution is 0.340. The molecule has 17 heavy (non-hydrogen) atoms. The highest BCUT2D eigenvalue weighted by Crippen LogP contribution is 2.22. The summed E-state index contributed by atoms with van der Waals surface area (Å²) in [5, 5.41) is 0. The molecule has 0 atom stereocenters. The molecule has 0 aliphatic rings. The van der Waals surface area contributed by atoms with Crippen LogP contribution in [0.4, 0.5) is 0 Å². The number of hydrogen-bond donors (Lipinski definition) is 1. The fourth-order valence-corrected chi connectivity index (χ4v) is 1.74. The van der Waals surface area contributed by atoms with Gasteiger partial charge < -0.3 is 10.5 Å². The second-order valence-corrected chi connectivity index (χ2v) is 3.86. The van der Waals surface area contributed by atoms with Crippen molar-refractivity contribution in [3.05, 3.63) is 54.1 Å². The van der Waals surface area contributed by atoms with Gasteiger partial charge in [-0.05, 0) is 35.7 Å². The molecule has 0 aromatic heterocycles. The molecule has 0 amide bonds. The lowest BCUT2D eigenvalue weighted by Crippen LogP contribution is -1.95. The quantitative estimate of drug-likeness (QED) is 0.870. The summed E-state index contributed by atoms with van der Waals surface area (Å²) < 4.78 is 5.42. The highest BCUT2D eigenvalue weighted by Gasteiger charge is 1.98. The van der Waals surface area contributed by atoms with E-state index in [-0.39, 0.29) is 0 Å². The van der Waals surface area contributed by atoms with Gasteiger partial charge in [-0.3, -0.25) is 0 Å². The van der Waals surface area contributed by atoms with E-state index in [9.17, 15) is 0 Å². The van der Waals surface area contributed by atoms with Crippen molar-refractivity contribution >= 4 is 0 Å². The number of rotatable bonds is 4. The molecule has 2 rings (SSSR count). The first-order valence-electron chi connectivity index (χ1n) is 5.85. The second-order valence-electron chi connectivity index (χ2n) is 3.86. The fourth-order valence-electron chi connectivity index (χ4n) is 1.74. The molecule has 0 aliphatic heterocycles. The third kappa shape index (κ3) is 2.86. The van der Waals surface area contributed by atoms with Gasteiger partial charge >= 0.3 is 0 Å². The van der Waals surface area contributed by atoms with E-state index < -0.39 is 0 Å². The molecule has 0 heterocycles. The summed E-state index contributed by atoms with van der Waals surface area (Å²) in [6.45, 7) is 3.27. The van der Waals surface area contributed by atoms with Gasteiger partial charge in [-0.25, -0.2) is 0 Å². The van der Waals surface area contributed by atoms with Gasteiger partial charge in [-0.2, -0.15) is 0 Å². The van der Waals surface area contributed by atoms with Crippen LogP contribution < -0.4 is 10.5 Å². The van der Waals surface area contributed by atoms with Gasteiger partial charge in [-0.15, -0.1) is 0 Å². The minimum Gasteiger partial charge on any atom is -0.494 e. The molecule has 2 nitrogen and oxygen atoms in total. The van der Waals surface area contributed by atoms with E-state index >= 15 is 0 Å². The van der Waals surface area contributed by atoms with Crippen LogP contribution in [-0.4, -0.2) is 6.61 Å². The SMILES string of the molecule is CCOc1ccc(-c2ccc(CN)cc2)cc1. The van der Waals surface area contributed by atoms with Gasteiger partial charge in [0.15, 0.2) is 0 Å². The first kappa shape index (κ1) is 11.7. The normalized spacial score (nSPS) is 10.2. The van der Waals surface area contributed by atoms with E-state index in [1.165, 1.54) is 11.1 Å². The Balaban J connectivity index is 2.20. The Hall–Kier alpha value is -1.80. The smallest absolute Gasteiger partial charge is 0.119 e. The number of hydrogen-bond acceptors (Lipinski definition) is 2. The van der Waals surface area contributed by atoms with Crippen molar-refractivity contribution < 1.29 is 4.74 Å². The van der Waals surface area contributed by atoms with Crippen molar-refractivity contribution in [3.8, 4) is 16.9 Å². The van der Waals surface area contributed by atoms with Crippen molar-refractivity contribution in [1.82, 2.24) is 0 Å². The molecule has 0 spiro atoms. The van der Waals surface area contributed by atoms with Crippen molar-refractivity contribution in [3.63, 3.8) is 0 Å². The molecule has 0 fully saturated rings. The molecule has 2 aromatic rings. The van der Waals surface area contributed by atoms with E-state index in [0.717, 1.165) is 11.3 Å². The third-order valence-electron chi connectivity index (χ3n) is 2.69. The molecule has 0 saturated heterocycles. The van der Waals surface area contributed by atoms with Gasteiger partial charge in [0.25, 0.3) is 0 Å². The first-order chi connectivity index (χ1) is 8.33. The Kier molecular flexibility index (Phi) is 3.78. The molecule has 0 aliphatic carbocycles. The maximum absolute atomic E-state index is 5.58. The first-order valence-corrected chi connectivity index (χ1v) is 5.85. The van der Waals surface area contributed by atoms with Crippen LogP contribution in [0.15, 0.2) is 48.5 Å². The van der Waals surface area contributed by atoms with Crippen LogP contribution in [0.2, 0.25) is 0 Å². The second kappa shape index (κ2) is 5.51. The molecular weight excluding hydrogens is 210 g/mol. The zero-order valence-corrected chi connectivity index (χ0v) is 10.0. The molecule has 88 valence electrons. The van der Waals surface area contributed by atoms with Crippen molar-refractivity contribution in [1.29, 1.82) is 0 Å². The van der Waals surface area contributed by atoms with Crippen molar-refractivity contribution in [2.75, 3.05) is 6.61 Å². The van der Waals surface area contributed by atoms with E-state index in [1.807, 2.05) is 19.1 Å². The zero-order chi connectivity index (χ0) is 12.1. The highest BCUT2D eigenvalue weighted by atomic mass is 16.5. The minimum atomic E-state index is 0.587. The summed E-state index contributed by atoms with van der Waals surface area (Å²) in [6.07, 6.45) is 0. The van der Waals surface area contributed by atoms with Gasteiger partial charge in [0.1, 0.15) is 5.75 Å². The summed E-state index contributed by atoms with van der Waals surface area (Å²) in [5.41, 5.74) is 9.12. The molecule has 0 saturated carbocycles. The maximum atomic E-state index is 5.58. The third-order valence-corrected chi connectivity index (χ3v) is 2.69. The van der Waals surface area contributed by atoms with E-state index in [4.69, 9.17) is 10.5 Å². The zero-order valence-electron chi connectivity index (χ0n) is 10.0. The van der Waals surface area contributed by atoms with E-state index in [2.05, 4.69) is 36.4 Å². The summed E-state index contributed by atoms with van der Waals surface area (Å²) in [4.78, 5) is 0. The Morgan fingerprint density at radius 3 is 1.88 bits per heavy atom. The predicted octanol–water partition coefficient (Wildman–Crippen LogP) is 3.21. The standard InChI is InChI=1S/C15H17NO/c1-2-17-15-9-7-14(8-10-15)13-5-3-12(11-16)4-6-13/h3-10H,2,11,16H2,1H3. The minimum absolute atomic E-state index is 0.587. The molecule has 0 bridgehead atoms. The Labute approximate surface area is 102 Å². The predicted molar refractivity (Wildman–Crippen MR) is 70.9 cm³/mol. The van der Waals surface area contributed by atoms with Crippen LogP contribution in [0.1, 0.15) is 12.5 Å². The number of ether oxygens (including phenoxy) is 1. The number of nitrogens with two attached hydrogens (primary N) is 1. The monoisotopic (exact) mass is 227 g/mol. The van der Waals surface area contributed by atoms with Crippen LogP contribution >= 0.6 is 0 Å². The number of benzene rings is 2. The van der Waals surface area contributed by atoms with Crippen molar-refractivity contribution in [2.45, 2.75) is 13.5 Å². The van der Waals surface area contributed by atoms with Crippen molar-refractivity contribution in [2.24, 2.45) is 5.73 Å². The Morgan fingerprint density at radius 1 is 0.882 bits per heavy atom. The maximum Gasteiger partial charge on any atom is 0.119 e. The van der Waals surface area contributed by atoms with Gasteiger partial charge in [-0.1, -0.05) is 36.4 Å². The average molecular weight is 227 g/mol. The Morgan fingerprint density at radius 2 is 1.41 bits per heavy atom. The molecule has 2 aromatic carbocycles. The summed E-state index contributed by atoms with van der Waals surface area (Å²) in [5.74, 6) is 0.912. The van der Waals surface area contributed by atoms with Crippen LogP contribution in [0.3, 0.4) is 0 Å². The topological polar surface area (TPSA) is 35.2 Å². The Bertz CT molecular complexity index is 459. The molecule has 2 heteroatoms. The summed E-state index contributed by atoms with van der Waals surface area (Å²) in [6, 6.07) is 16.4. The largest absolute Gasteiger partial charge is 0.494 e. The summed E-state index contributed by atoms with van der Waals surface area (Å²) in [7, 11) is 0. The lowest BCUT2D eigenvalue weighted by atomic mass is 10.0. The van der Waals surface area contributed by atoms with Gasteiger partial charge in [0.05, 0.1) is 6.61 Å². The van der Waals surface area contributed by atoms with Crippen LogP contribution in [0, 0.1) is 0 Å². The molecular formula is C15H17NO. The lowest BCUT2D eigenvalue weighted by Gasteiger charge is -2.06. The molecule has 0 radical (unpaired) electrons. The van der Waals surface area contributed by atoms with E-state index in [1.54, 1.807) is 0 Å². The van der Waals surface area contributed by atoms with Gasteiger partial charge in [0.2, 0.25) is 0 Å².